The number of carboxylic acids is 2. The Morgan fingerprint density at radius 1 is 0.549 bits per heavy atom. The van der Waals surface area contributed by atoms with Gasteiger partial charge in [0.05, 0.1) is 42.6 Å². The van der Waals surface area contributed by atoms with Crippen molar-refractivity contribution in [1.82, 2.24) is 5.06 Å². The Hall–Kier alpha value is -5.96. The molecule has 0 radical (unpaired) electrons. The molecule has 0 aromatic heterocycles. The zero-order valence-electron chi connectivity index (χ0n) is 58.3. The van der Waals surface area contributed by atoms with E-state index in [1.807, 2.05) is 0 Å². The van der Waals surface area contributed by atoms with Crippen LogP contribution in [0.1, 0.15) is 168 Å². The number of carboxylic acid groups (broad SMARTS) is 2. The van der Waals surface area contributed by atoms with Gasteiger partial charge in [0.2, 0.25) is 5.91 Å². The van der Waals surface area contributed by atoms with Crippen molar-refractivity contribution in [3.63, 3.8) is 0 Å². The van der Waals surface area contributed by atoms with Gasteiger partial charge in [-0.1, -0.05) is 25.4 Å². The van der Waals surface area contributed by atoms with Crippen LogP contribution in [-0.4, -0.2) is 131 Å². The van der Waals surface area contributed by atoms with E-state index >= 15 is 0 Å². The number of phenolic OH excluding ortho intramolecular Hbond substituents is 3. The second-order valence-corrected chi connectivity index (χ2v) is 23.4. The number of hydroxylamine groups is 2. The molecular weight excluding hydrogens is 1490 g/mol. The monoisotopic (exact) mass is 1590 g/mol. The topological polar surface area (TPSA) is 392 Å². The van der Waals surface area contributed by atoms with Crippen molar-refractivity contribution in [1.29, 1.82) is 0 Å². The molecular formula is C70H103BrCl3F5N5NaO17. The number of carbonyl (C=O) groups excluding carboxylic acids is 4. The third-order valence-corrected chi connectivity index (χ3v) is 15.0. The SMILES string of the molecule is C.CC(=O)[O-].CN.CO.CO.CON(C)C(=O)CC1CC1.COc1ccc(F)cc1Br.COc1ccc(F)cc1C(=O)CC1CC1.Cl.Cl.Cl.NC(CC1CC1)c1cc(F)ccc1O.NO.O=C(CC1CC1)c1cc(F)ccc1O.O=C(O)CC1CC1.ON=C(CC1CC1)c1cc(F)ccc1O.[Na+]. The molecule has 0 saturated heterocycles. The van der Waals surface area contributed by atoms with E-state index in [1.54, 1.807) is 13.1 Å². The molecule has 6 aliphatic carbocycles. The number of amides is 1. The number of benzene rings is 5. The number of Topliss-reactive ketones (excluding diaryl/α,β-unsaturated/α-hetero) is 2. The molecule has 6 aliphatic rings. The van der Waals surface area contributed by atoms with Crippen molar-refractivity contribution in [3.05, 3.63) is 147 Å². The van der Waals surface area contributed by atoms with Crippen molar-refractivity contribution in [2.24, 2.45) is 58.0 Å². The smallest absolute Gasteiger partial charge is 0.550 e. The maximum atomic E-state index is 13.0. The van der Waals surface area contributed by atoms with Gasteiger partial charge in [0.25, 0.3) is 0 Å². The van der Waals surface area contributed by atoms with Crippen LogP contribution in [0.2, 0.25) is 0 Å². The Balaban J connectivity index is -0.000000257. The Morgan fingerprint density at radius 3 is 1.25 bits per heavy atom. The van der Waals surface area contributed by atoms with Crippen LogP contribution in [0.25, 0.3) is 0 Å². The quantitative estimate of drug-likeness (QED) is 0.00914. The number of aromatic hydroxyl groups is 3. The average Bonchev–Trinajstić information content (AvgIpc) is 1.48. The molecule has 14 N–H and O–H groups in total. The molecule has 11 rings (SSSR count). The Bertz CT molecular complexity index is 3190. The van der Waals surface area contributed by atoms with Crippen LogP contribution in [0.4, 0.5) is 22.0 Å². The number of aliphatic carboxylic acids is 2. The summed E-state index contributed by atoms with van der Waals surface area (Å²) in [5, 5.41) is 79.1. The third-order valence-electron chi connectivity index (χ3n) is 14.4. The number of rotatable bonds is 19. The fraction of sp³-hybridized carbons (Fsp3) is 0.486. The largest absolute Gasteiger partial charge is 1.00 e. The first-order valence-corrected chi connectivity index (χ1v) is 31.8. The molecule has 6 saturated carbocycles. The third kappa shape index (κ3) is 48.9. The Labute approximate surface area is 644 Å². The van der Waals surface area contributed by atoms with Gasteiger partial charge in [-0.25, -0.2) is 32.9 Å². The van der Waals surface area contributed by atoms with E-state index in [0.29, 0.717) is 100 Å². The summed E-state index contributed by atoms with van der Waals surface area (Å²) in [7, 11) is 9.68. The first-order valence-electron chi connectivity index (χ1n) is 31.0. The van der Waals surface area contributed by atoms with Crippen LogP contribution in [0.15, 0.2) is 101 Å². The number of carbonyl (C=O) groups is 5. The number of oxime groups is 1. The van der Waals surface area contributed by atoms with Crippen LogP contribution < -0.4 is 61.5 Å². The predicted molar refractivity (Wildman–Crippen MR) is 385 cm³/mol. The van der Waals surface area contributed by atoms with E-state index in [2.05, 4.69) is 32.7 Å². The van der Waals surface area contributed by atoms with Gasteiger partial charge >= 0.3 is 35.5 Å². The van der Waals surface area contributed by atoms with Gasteiger partial charge < -0.3 is 71.9 Å². The first-order chi connectivity index (χ1) is 46.2. The number of hydrogen-bond donors (Lipinski definition) is 11. The summed E-state index contributed by atoms with van der Waals surface area (Å²) in [6.07, 6.45) is 17.1. The second-order valence-electron chi connectivity index (χ2n) is 22.5. The average molecular weight is 1590 g/mol. The minimum atomic E-state index is -1.08. The van der Waals surface area contributed by atoms with Crippen LogP contribution in [-0.2, 0) is 19.2 Å². The molecule has 22 nitrogen and oxygen atoms in total. The van der Waals surface area contributed by atoms with Gasteiger partial charge in [-0.15, -0.1) is 37.2 Å². The molecule has 5 aromatic rings. The number of ether oxygens (including phenoxy) is 2. The van der Waals surface area contributed by atoms with Crippen molar-refractivity contribution < 1.29 is 136 Å². The number of nitrogens with two attached hydrogens (primary N) is 3. The summed E-state index contributed by atoms with van der Waals surface area (Å²) in [6, 6.07) is 19.1. The molecule has 1 atom stereocenters. The number of ketones is 2. The molecule has 0 bridgehead atoms. The maximum absolute atomic E-state index is 13.0. The molecule has 102 heavy (non-hydrogen) atoms. The minimum Gasteiger partial charge on any atom is -0.550 e. The van der Waals surface area contributed by atoms with Gasteiger partial charge in [-0.2, -0.15) is 0 Å². The van der Waals surface area contributed by atoms with Gasteiger partial charge in [-0.3, -0.25) is 24.0 Å². The summed E-state index contributed by atoms with van der Waals surface area (Å²) in [4.78, 5) is 57.8. The van der Waals surface area contributed by atoms with Crippen LogP contribution in [0, 0.1) is 64.6 Å². The summed E-state index contributed by atoms with van der Waals surface area (Å²) >= 11 is 3.14. The van der Waals surface area contributed by atoms with Crippen molar-refractivity contribution >= 4 is 88.3 Å². The summed E-state index contributed by atoms with van der Waals surface area (Å²) in [6.45, 7) is 0.972. The summed E-state index contributed by atoms with van der Waals surface area (Å²) in [5.41, 5.74) is 12.0. The second kappa shape index (κ2) is 60.3. The molecule has 0 spiro atoms. The number of aliphatic hydroxyl groups is 2. The number of hydrogen-bond acceptors (Lipinski definition) is 20. The van der Waals surface area contributed by atoms with E-state index in [1.165, 1.54) is 132 Å². The minimum absolute atomic E-state index is 0. The van der Waals surface area contributed by atoms with Crippen LogP contribution >= 0.6 is 53.2 Å². The number of phenols is 3. The molecule has 0 aliphatic heterocycles. The molecule has 6 fully saturated rings. The van der Waals surface area contributed by atoms with Crippen molar-refractivity contribution in [3.8, 4) is 28.7 Å². The molecule has 0 heterocycles. The van der Waals surface area contributed by atoms with Crippen LogP contribution in [0.3, 0.4) is 0 Å². The van der Waals surface area contributed by atoms with E-state index < -0.39 is 29.4 Å². The number of halogens is 9. The van der Waals surface area contributed by atoms with Gasteiger partial charge in [0.15, 0.2) is 11.6 Å². The van der Waals surface area contributed by atoms with E-state index in [9.17, 15) is 56.4 Å². The predicted octanol–water partition coefficient (Wildman–Crippen LogP) is 10.2. The summed E-state index contributed by atoms with van der Waals surface area (Å²) < 4.78 is 74.6. The van der Waals surface area contributed by atoms with Gasteiger partial charge in [0.1, 0.15) is 57.8 Å². The van der Waals surface area contributed by atoms with E-state index in [-0.39, 0.29) is 138 Å². The zero-order chi connectivity index (χ0) is 73.9. The summed E-state index contributed by atoms with van der Waals surface area (Å²) in [5.74, 6) is 4.06. The van der Waals surface area contributed by atoms with Crippen LogP contribution in [0.5, 0.6) is 28.7 Å². The molecule has 574 valence electrons. The standard InChI is InChI=1S/C12H13FO2.C11H12FNO2.C11H14FNO.C11H11FO2.C7H6BrFO.C7H13NO2.C5H8O2.C2H4O2.CH5N.2CH4O.CH4.3ClH.H3NO.Na/c1-15-12-5-4-9(13)7-10(12)11(14)6-8-2-3-8;12-8-3-4-11(14)9(6-8)10(13-15)5-7-1-2-7;12-8-3-4-11(14)9(6-8)10(13)5-7-1-2-7;12-8-3-4-10(13)9(6-8)11(14)5-7-1-2-7;1-10-7-3-2-5(9)4-6(7)8;1-8(10-2)7(9)5-6-3-4-6;6-5(7)3-4-1-2-4;1-2(3)4;3*1-2;;;;;1-2;/h4-5,7-8H,2-3,6H2,1H3;3-4,6-7,14-15H,1-2,5H2;3-4,6-7,10,14H,1-2,5,13H2;3-4,6-7,13H,1-2,5H2;2-4H,1H3;6H,3-5H2,1-2H3;4H,1-3H2,(H,6,7);1H3,(H,3,4);2H2,1H3;2*2H,1H3;1H4;3*1H;2H,1H2;/q;;;;;;;;;;;;;;;;+1/p-1. The van der Waals surface area contributed by atoms with Crippen molar-refractivity contribution in [2.75, 3.05) is 49.6 Å². The molecule has 1 unspecified atom stereocenters. The van der Waals surface area contributed by atoms with Gasteiger partial charge in [-0.05, 0) is 233 Å². The van der Waals surface area contributed by atoms with E-state index in [0.717, 1.165) is 91.1 Å². The van der Waals surface area contributed by atoms with E-state index in [4.69, 9.17) is 55.7 Å². The Kier molecular flexibility index (Phi) is 63.3. The van der Waals surface area contributed by atoms with Crippen molar-refractivity contribution in [2.45, 2.75) is 136 Å². The fourth-order valence-electron chi connectivity index (χ4n) is 8.23. The number of aliphatic hydroxyl groups excluding tert-OH is 2. The normalized spacial score (nSPS) is 13.7. The fourth-order valence-corrected chi connectivity index (χ4v) is 8.74. The Morgan fingerprint density at radius 2 is 0.873 bits per heavy atom. The zero-order valence-corrected chi connectivity index (χ0v) is 64.3. The molecule has 32 heteroatoms. The molecule has 1 amide bonds. The first kappa shape index (κ1) is 107. The van der Waals surface area contributed by atoms with Gasteiger partial charge in [0, 0.05) is 70.1 Å². The number of methoxy groups -OCH3 is 2. The maximum Gasteiger partial charge on any atom is 1.00 e. The molecule has 5 aromatic carbocycles. The number of nitrogens with zero attached hydrogens (tertiary/aromatic N) is 2.